The molecular weight excluding hydrogens is 400 g/mol. The summed E-state index contributed by atoms with van der Waals surface area (Å²) in [4.78, 5) is 47.6. The minimum atomic E-state index is -0.677. The van der Waals surface area contributed by atoms with Crippen molar-refractivity contribution in [2.75, 3.05) is 11.9 Å². The van der Waals surface area contributed by atoms with E-state index >= 15 is 0 Å². The highest BCUT2D eigenvalue weighted by Gasteiger charge is 2.28. The van der Waals surface area contributed by atoms with Crippen molar-refractivity contribution >= 4 is 39.9 Å². The largest absolute Gasteiger partial charge is 0.462 e. The topological polar surface area (TPSA) is 125 Å². The highest BCUT2D eigenvalue weighted by molar-refractivity contribution is 7.18. The van der Waals surface area contributed by atoms with Crippen molar-refractivity contribution < 1.29 is 28.8 Å². The molecule has 154 valence electrons. The zero-order chi connectivity index (χ0) is 21.7. The molecule has 1 aromatic carbocycles. The van der Waals surface area contributed by atoms with Gasteiger partial charge in [-0.05, 0) is 45.4 Å². The van der Waals surface area contributed by atoms with Crippen LogP contribution in [0.5, 0.6) is 0 Å². The van der Waals surface area contributed by atoms with E-state index in [1.54, 1.807) is 27.7 Å². The lowest BCUT2D eigenvalue weighted by Crippen LogP contribution is -2.15. The Morgan fingerprint density at radius 3 is 2.31 bits per heavy atom. The van der Waals surface area contributed by atoms with Crippen LogP contribution in [0.15, 0.2) is 24.3 Å². The second-order valence-electron chi connectivity index (χ2n) is 6.19. The molecule has 0 aliphatic heterocycles. The molecule has 0 spiro atoms. The van der Waals surface area contributed by atoms with Crippen molar-refractivity contribution in [1.82, 2.24) is 0 Å². The third kappa shape index (κ3) is 5.17. The number of nitrogens with zero attached hydrogens (tertiary/aromatic N) is 1. The van der Waals surface area contributed by atoms with Crippen LogP contribution in [0.3, 0.4) is 0 Å². The lowest BCUT2D eigenvalue weighted by Gasteiger charge is -2.07. The Morgan fingerprint density at radius 1 is 1.17 bits per heavy atom. The number of carbonyl (C=O) groups excluding carboxylic acids is 3. The van der Waals surface area contributed by atoms with Crippen LogP contribution in [0.2, 0.25) is 0 Å². The molecule has 1 amide bonds. The molecule has 9 nitrogen and oxygen atoms in total. The van der Waals surface area contributed by atoms with Gasteiger partial charge in [-0.2, -0.15) is 0 Å². The smallest absolute Gasteiger partial charge is 0.348 e. The Morgan fingerprint density at radius 2 is 1.79 bits per heavy atom. The number of benzene rings is 1. The number of ether oxygens (including phenoxy) is 2. The number of amides is 1. The zero-order valence-corrected chi connectivity index (χ0v) is 17.1. The van der Waals surface area contributed by atoms with Gasteiger partial charge in [-0.3, -0.25) is 14.9 Å². The first-order valence-electron chi connectivity index (χ1n) is 8.73. The summed E-state index contributed by atoms with van der Waals surface area (Å²) >= 11 is 0.906. The zero-order valence-electron chi connectivity index (χ0n) is 16.3. The lowest BCUT2D eigenvalue weighted by atomic mass is 10.1. The second kappa shape index (κ2) is 9.28. The van der Waals surface area contributed by atoms with Crippen LogP contribution >= 0.6 is 11.3 Å². The number of carbonyl (C=O) groups is 3. The van der Waals surface area contributed by atoms with E-state index in [0.29, 0.717) is 5.56 Å². The maximum absolute atomic E-state index is 12.6. The summed E-state index contributed by atoms with van der Waals surface area (Å²) in [5.74, 6) is -1.87. The van der Waals surface area contributed by atoms with Crippen molar-refractivity contribution in [2.24, 2.45) is 0 Å². The van der Waals surface area contributed by atoms with Crippen LogP contribution in [0.1, 0.15) is 56.7 Å². The normalized spacial score (nSPS) is 10.5. The average Bonchev–Trinajstić information content (AvgIpc) is 2.97. The van der Waals surface area contributed by atoms with Crippen LogP contribution in [0.4, 0.5) is 10.7 Å². The van der Waals surface area contributed by atoms with Gasteiger partial charge >= 0.3 is 11.9 Å². The van der Waals surface area contributed by atoms with Crippen molar-refractivity contribution in [3.63, 3.8) is 0 Å². The number of anilines is 1. The van der Waals surface area contributed by atoms with Crippen molar-refractivity contribution in [3.05, 3.63) is 55.9 Å². The molecule has 0 radical (unpaired) electrons. The molecule has 0 aliphatic rings. The summed E-state index contributed by atoms with van der Waals surface area (Å²) in [6, 6.07) is 5.00. The second-order valence-corrected chi connectivity index (χ2v) is 7.21. The van der Waals surface area contributed by atoms with E-state index in [9.17, 15) is 24.5 Å². The highest BCUT2D eigenvalue weighted by atomic mass is 32.1. The van der Waals surface area contributed by atoms with Gasteiger partial charge in [0.2, 0.25) is 0 Å². The molecule has 1 heterocycles. The summed E-state index contributed by atoms with van der Waals surface area (Å²) in [6.45, 7) is 6.73. The van der Waals surface area contributed by atoms with Gasteiger partial charge < -0.3 is 14.8 Å². The maximum atomic E-state index is 12.6. The number of nitro groups is 1. The van der Waals surface area contributed by atoms with E-state index in [-0.39, 0.29) is 39.4 Å². The first-order chi connectivity index (χ1) is 13.6. The minimum Gasteiger partial charge on any atom is -0.462 e. The first-order valence-corrected chi connectivity index (χ1v) is 9.54. The molecule has 2 rings (SSSR count). The number of hydrogen-bond donors (Lipinski definition) is 1. The highest BCUT2D eigenvalue weighted by Crippen LogP contribution is 2.35. The SMILES string of the molecule is CCOC(=O)c1c(NC(=O)c2ccc([N+](=O)[O-])cc2)sc(C(=O)OC(C)C)c1C. The Bertz CT molecular complexity index is 948. The Labute approximate surface area is 170 Å². The molecule has 0 aliphatic carbocycles. The molecule has 1 aromatic heterocycles. The van der Waals surface area contributed by atoms with Crippen molar-refractivity contribution in [3.8, 4) is 0 Å². The van der Waals surface area contributed by atoms with Gasteiger partial charge in [0.1, 0.15) is 9.88 Å². The van der Waals surface area contributed by atoms with E-state index in [4.69, 9.17) is 9.47 Å². The van der Waals surface area contributed by atoms with E-state index in [0.717, 1.165) is 11.3 Å². The molecule has 0 bridgehead atoms. The average molecular weight is 420 g/mol. The molecule has 0 saturated heterocycles. The van der Waals surface area contributed by atoms with Crippen LogP contribution in [0.25, 0.3) is 0 Å². The third-order valence-electron chi connectivity index (χ3n) is 3.72. The third-order valence-corrected chi connectivity index (χ3v) is 4.91. The predicted octanol–water partition coefficient (Wildman–Crippen LogP) is 3.96. The van der Waals surface area contributed by atoms with Crippen molar-refractivity contribution in [1.29, 1.82) is 0 Å². The molecule has 10 heteroatoms. The predicted molar refractivity (Wildman–Crippen MR) is 107 cm³/mol. The van der Waals surface area contributed by atoms with Gasteiger partial charge in [0, 0.05) is 17.7 Å². The Balaban J connectivity index is 2.38. The van der Waals surface area contributed by atoms with Gasteiger partial charge in [0.05, 0.1) is 23.2 Å². The number of nitro benzene ring substituents is 1. The minimum absolute atomic E-state index is 0.0721. The van der Waals surface area contributed by atoms with Crippen molar-refractivity contribution in [2.45, 2.75) is 33.8 Å². The van der Waals surface area contributed by atoms with Crippen LogP contribution in [0, 0.1) is 17.0 Å². The fraction of sp³-hybridized carbons (Fsp3) is 0.316. The standard InChI is InChI=1S/C19H20N2O7S/c1-5-27-18(23)14-11(4)15(19(24)28-10(2)3)29-17(14)20-16(22)12-6-8-13(9-7-12)21(25)26/h6-10H,5H2,1-4H3,(H,20,22). The number of non-ortho nitro benzene ring substituents is 1. The Hall–Kier alpha value is -3.27. The quantitative estimate of drug-likeness (QED) is 0.408. The van der Waals surface area contributed by atoms with Crippen LogP contribution < -0.4 is 5.32 Å². The number of esters is 2. The summed E-state index contributed by atoms with van der Waals surface area (Å²) in [5.41, 5.74) is 0.420. The summed E-state index contributed by atoms with van der Waals surface area (Å²) in [5, 5.41) is 13.5. The van der Waals surface area contributed by atoms with E-state index in [1.165, 1.54) is 24.3 Å². The van der Waals surface area contributed by atoms with E-state index in [2.05, 4.69) is 5.32 Å². The summed E-state index contributed by atoms with van der Waals surface area (Å²) < 4.78 is 10.2. The molecule has 0 saturated carbocycles. The van der Waals surface area contributed by atoms with E-state index < -0.39 is 22.8 Å². The molecule has 29 heavy (non-hydrogen) atoms. The number of thiophene rings is 1. The molecule has 2 aromatic rings. The van der Waals surface area contributed by atoms with Gasteiger partial charge in [-0.25, -0.2) is 9.59 Å². The fourth-order valence-electron chi connectivity index (χ4n) is 2.42. The Kier molecular flexibility index (Phi) is 7.05. The molecule has 0 atom stereocenters. The monoisotopic (exact) mass is 420 g/mol. The van der Waals surface area contributed by atoms with Gasteiger partial charge in [-0.15, -0.1) is 11.3 Å². The van der Waals surface area contributed by atoms with Crippen LogP contribution in [-0.2, 0) is 9.47 Å². The maximum Gasteiger partial charge on any atom is 0.348 e. The number of hydrogen-bond acceptors (Lipinski definition) is 8. The first kappa shape index (κ1) is 22.0. The number of nitrogens with one attached hydrogen (secondary N) is 1. The van der Waals surface area contributed by atoms with Gasteiger partial charge in [-0.1, -0.05) is 0 Å². The fourth-order valence-corrected chi connectivity index (χ4v) is 3.50. The van der Waals surface area contributed by atoms with Gasteiger partial charge in [0.25, 0.3) is 11.6 Å². The molecule has 0 fully saturated rings. The summed E-state index contributed by atoms with van der Waals surface area (Å²) in [6.07, 6.45) is -0.354. The molecule has 0 unspecified atom stereocenters. The number of rotatable bonds is 7. The van der Waals surface area contributed by atoms with Gasteiger partial charge in [0.15, 0.2) is 0 Å². The van der Waals surface area contributed by atoms with E-state index in [1.807, 2.05) is 0 Å². The molecular formula is C19H20N2O7S. The van der Waals surface area contributed by atoms with Crippen LogP contribution in [-0.4, -0.2) is 35.5 Å². The lowest BCUT2D eigenvalue weighted by molar-refractivity contribution is -0.384. The summed E-state index contributed by atoms with van der Waals surface area (Å²) in [7, 11) is 0. The molecule has 1 N–H and O–H groups in total.